The largest absolute Gasteiger partial charge is 0.464 e. The molecule has 1 aromatic rings. The van der Waals surface area contributed by atoms with E-state index in [9.17, 15) is 27.6 Å². The van der Waals surface area contributed by atoms with Crippen LogP contribution in [-0.2, 0) is 16.1 Å². The van der Waals surface area contributed by atoms with Gasteiger partial charge in [0.15, 0.2) is 0 Å². The number of hydrogen-bond donors (Lipinski definition) is 3. The van der Waals surface area contributed by atoms with Crippen LogP contribution in [0.4, 0.5) is 22.8 Å². The highest BCUT2D eigenvalue weighted by molar-refractivity contribution is 5.86. The van der Waals surface area contributed by atoms with Crippen LogP contribution in [0.25, 0.3) is 0 Å². The molecule has 0 saturated carbocycles. The zero-order chi connectivity index (χ0) is 19.0. The van der Waals surface area contributed by atoms with E-state index >= 15 is 0 Å². The molecule has 0 spiro atoms. The zero-order valence-electron chi connectivity index (χ0n) is 13.0. The SMILES string of the molecule is CC(NC(=O)OCc1ccccc1)C(=O)N(CC(F)(F)F)NC(=O)O. The summed E-state index contributed by atoms with van der Waals surface area (Å²) in [5, 5.41) is 10.4. The number of ether oxygens (including phenoxy) is 1. The molecule has 0 aliphatic carbocycles. The second-order valence-electron chi connectivity index (χ2n) is 4.88. The second kappa shape index (κ2) is 8.76. The van der Waals surface area contributed by atoms with Gasteiger partial charge in [0.05, 0.1) is 0 Å². The Labute approximate surface area is 140 Å². The lowest BCUT2D eigenvalue weighted by Crippen LogP contribution is -2.56. The van der Waals surface area contributed by atoms with Crippen molar-refractivity contribution in [3.05, 3.63) is 35.9 Å². The van der Waals surface area contributed by atoms with Crippen molar-refractivity contribution >= 4 is 18.1 Å². The number of nitrogens with zero attached hydrogens (tertiary/aromatic N) is 1. The summed E-state index contributed by atoms with van der Waals surface area (Å²) in [7, 11) is 0. The number of amides is 3. The van der Waals surface area contributed by atoms with Crippen LogP contribution >= 0.6 is 0 Å². The first-order valence-electron chi connectivity index (χ1n) is 6.93. The van der Waals surface area contributed by atoms with Gasteiger partial charge in [-0.05, 0) is 12.5 Å². The highest BCUT2D eigenvalue weighted by Gasteiger charge is 2.36. The maximum absolute atomic E-state index is 12.4. The molecule has 0 saturated heterocycles. The summed E-state index contributed by atoms with van der Waals surface area (Å²) < 4.78 is 42.1. The lowest BCUT2D eigenvalue weighted by molar-refractivity contribution is -0.167. The molecule has 8 nitrogen and oxygen atoms in total. The fourth-order valence-corrected chi connectivity index (χ4v) is 1.70. The van der Waals surface area contributed by atoms with E-state index in [-0.39, 0.29) is 11.6 Å². The van der Waals surface area contributed by atoms with Crippen molar-refractivity contribution in [3.8, 4) is 0 Å². The van der Waals surface area contributed by atoms with Gasteiger partial charge in [0.2, 0.25) is 0 Å². The van der Waals surface area contributed by atoms with E-state index in [1.54, 1.807) is 30.3 Å². The first-order chi connectivity index (χ1) is 11.6. The van der Waals surface area contributed by atoms with Crippen LogP contribution in [0.3, 0.4) is 0 Å². The normalized spacial score (nSPS) is 12.0. The van der Waals surface area contributed by atoms with Gasteiger partial charge in [-0.1, -0.05) is 30.3 Å². The van der Waals surface area contributed by atoms with Crippen LogP contribution in [0.2, 0.25) is 0 Å². The topological polar surface area (TPSA) is 108 Å². The maximum Gasteiger partial charge on any atom is 0.423 e. The molecule has 11 heteroatoms. The molecule has 0 heterocycles. The van der Waals surface area contributed by atoms with Crippen LogP contribution in [0.5, 0.6) is 0 Å². The predicted octanol–water partition coefficient (Wildman–Crippen LogP) is 1.87. The molecule has 3 amide bonds. The lowest BCUT2D eigenvalue weighted by Gasteiger charge is -2.25. The van der Waals surface area contributed by atoms with E-state index < -0.39 is 36.9 Å². The van der Waals surface area contributed by atoms with E-state index in [1.165, 1.54) is 5.43 Å². The number of halogens is 3. The van der Waals surface area contributed by atoms with Gasteiger partial charge in [-0.2, -0.15) is 13.2 Å². The van der Waals surface area contributed by atoms with Gasteiger partial charge in [-0.3, -0.25) is 4.79 Å². The van der Waals surface area contributed by atoms with Gasteiger partial charge >= 0.3 is 18.4 Å². The highest BCUT2D eigenvalue weighted by Crippen LogP contribution is 2.16. The van der Waals surface area contributed by atoms with E-state index in [2.05, 4.69) is 0 Å². The molecule has 1 atom stereocenters. The van der Waals surface area contributed by atoms with Gasteiger partial charge in [-0.15, -0.1) is 0 Å². The summed E-state index contributed by atoms with van der Waals surface area (Å²) in [6.07, 6.45) is -7.71. The Morgan fingerprint density at radius 2 is 1.84 bits per heavy atom. The minimum Gasteiger partial charge on any atom is -0.464 e. The number of hydrogen-bond acceptors (Lipinski definition) is 4. The molecular formula is C14H16F3N3O5. The molecular weight excluding hydrogens is 347 g/mol. The van der Waals surface area contributed by atoms with Gasteiger partial charge in [-0.25, -0.2) is 20.0 Å². The zero-order valence-corrected chi connectivity index (χ0v) is 13.0. The van der Waals surface area contributed by atoms with Gasteiger partial charge < -0.3 is 15.2 Å². The summed E-state index contributed by atoms with van der Waals surface area (Å²) in [5.41, 5.74) is 2.01. The molecule has 138 valence electrons. The average molecular weight is 363 g/mol. The molecule has 0 aliphatic rings. The molecule has 1 unspecified atom stereocenters. The molecule has 0 bridgehead atoms. The number of hydrazine groups is 1. The number of benzene rings is 1. The number of carbonyl (C=O) groups is 3. The minimum atomic E-state index is -4.83. The first kappa shape index (κ1) is 20.1. The number of rotatable bonds is 5. The van der Waals surface area contributed by atoms with Crippen molar-refractivity contribution < 1.29 is 37.4 Å². The molecule has 0 fully saturated rings. The van der Waals surface area contributed by atoms with Crippen molar-refractivity contribution in [1.29, 1.82) is 0 Å². The maximum atomic E-state index is 12.4. The van der Waals surface area contributed by atoms with Crippen LogP contribution in [0.15, 0.2) is 30.3 Å². The quantitative estimate of drug-likeness (QED) is 0.692. The summed E-state index contributed by atoms with van der Waals surface area (Å²) >= 11 is 0. The van der Waals surface area contributed by atoms with Crippen molar-refractivity contribution in [2.45, 2.75) is 25.7 Å². The summed E-state index contributed by atoms with van der Waals surface area (Å²) in [4.78, 5) is 34.0. The Hall–Kier alpha value is -2.98. The third kappa shape index (κ3) is 7.90. The smallest absolute Gasteiger partial charge is 0.423 e. The molecule has 3 N–H and O–H groups in total. The number of alkyl carbamates (subject to hydrolysis) is 1. The van der Waals surface area contributed by atoms with Crippen LogP contribution in [0, 0.1) is 0 Å². The summed E-state index contributed by atoms with van der Waals surface area (Å²) in [6.45, 7) is -0.852. The third-order valence-electron chi connectivity index (χ3n) is 2.75. The fraction of sp³-hybridized carbons (Fsp3) is 0.357. The van der Waals surface area contributed by atoms with Crippen molar-refractivity contribution in [2.24, 2.45) is 0 Å². The average Bonchev–Trinajstić information content (AvgIpc) is 2.50. The second-order valence-corrected chi connectivity index (χ2v) is 4.88. The summed E-state index contributed by atoms with van der Waals surface area (Å²) in [5.74, 6) is -1.30. The van der Waals surface area contributed by atoms with E-state index in [1.807, 2.05) is 5.32 Å². The monoisotopic (exact) mass is 363 g/mol. The van der Waals surface area contributed by atoms with Crippen LogP contribution in [0.1, 0.15) is 12.5 Å². The Morgan fingerprint density at radius 1 is 1.24 bits per heavy atom. The highest BCUT2D eigenvalue weighted by atomic mass is 19.4. The number of nitrogens with one attached hydrogen (secondary N) is 2. The van der Waals surface area contributed by atoms with Gasteiger partial charge in [0, 0.05) is 0 Å². The summed E-state index contributed by atoms with van der Waals surface area (Å²) in [6, 6.07) is 7.12. The van der Waals surface area contributed by atoms with Crippen LogP contribution in [-0.4, -0.2) is 47.0 Å². The van der Waals surface area contributed by atoms with Crippen molar-refractivity contribution in [2.75, 3.05) is 6.54 Å². The van der Waals surface area contributed by atoms with E-state index in [0.717, 1.165) is 6.92 Å². The molecule has 0 aliphatic heterocycles. The number of alkyl halides is 3. The van der Waals surface area contributed by atoms with Gasteiger partial charge in [0.1, 0.15) is 19.2 Å². The Kier molecular flexibility index (Phi) is 7.03. The molecule has 0 radical (unpaired) electrons. The standard InChI is InChI=1S/C14H16F3N3O5/c1-9(11(21)20(19-12(22)23)8-14(15,16)17)18-13(24)25-7-10-5-3-2-4-6-10/h2-6,9,19H,7-8H2,1H3,(H,18,24)(H,22,23). The number of carboxylic acid groups (broad SMARTS) is 1. The van der Waals surface area contributed by atoms with Gasteiger partial charge in [0.25, 0.3) is 5.91 Å². The molecule has 1 aromatic carbocycles. The van der Waals surface area contributed by atoms with E-state index in [0.29, 0.717) is 5.56 Å². The van der Waals surface area contributed by atoms with Crippen molar-refractivity contribution in [3.63, 3.8) is 0 Å². The fourth-order valence-electron chi connectivity index (χ4n) is 1.70. The third-order valence-corrected chi connectivity index (χ3v) is 2.75. The number of carbonyl (C=O) groups excluding carboxylic acids is 2. The Balaban J connectivity index is 2.59. The lowest BCUT2D eigenvalue weighted by atomic mass is 10.2. The first-order valence-corrected chi connectivity index (χ1v) is 6.93. The molecule has 25 heavy (non-hydrogen) atoms. The molecule has 1 rings (SSSR count). The predicted molar refractivity (Wildman–Crippen MR) is 78.2 cm³/mol. The minimum absolute atomic E-state index is 0.104. The van der Waals surface area contributed by atoms with Crippen LogP contribution < -0.4 is 10.7 Å². The van der Waals surface area contributed by atoms with Crippen molar-refractivity contribution in [1.82, 2.24) is 15.8 Å². The van der Waals surface area contributed by atoms with E-state index in [4.69, 9.17) is 9.84 Å². The Bertz CT molecular complexity index is 609. The Morgan fingerprint density at radius 3 is 2.36 bits per heavy atom. The molecule has 0 aromatic heterocycles.